The molecule has 0 aliphatic carbocycles. The molecule has 2 rings (SSSR count). The lowest BCUT2D eigenvalue weighted by Gasteiger charge is -2.27. The normalized spacial score (nSPS) is 12.6. The number of hydrogen-bond acceptors (Lipinski definition) is 5. The Hall–Kier alpha value is -1.59. The Morgan fingerprint density at radius 2 is 2.25 bits per heavy atom. The number of rotatable bonds is 6. The van der Waals surface area contributed by atoms with Crippen LogP contribution in [0.4, 0.5) is 5.13 Å². The molecule has 0 radical (unpaired) electrons. The molecular formula is C15H21N3OS. The number of aromatic nitrogens is 1. The van der Waals surface area contributed by atoms with Gasteiger partial charge in [-0.15, -0.1) is 11.3 Å². The van der Waals surface area contributed by atoms with Crippen molar-refractivity contribution in [2.24, 2.45) is 0 Å². The number of hydrogen-bond donors (Lipinski definition) is 1. The number of benzene rings is 1. The van der Waals surface area contributed by atoms with Crippen molar-refractivity contribution in [2.45, 2.75) is 26.4 Å². The van der Waals surface area contributed by atoms with Gasteiger partial charge in [-0.2, -0.15) is 0 Å². The lowest BCUT2D eigenvalue weighted by atomic mass is 10.1. The van der Waals surface area contributed by atoms with E-state index in [2.05, 4.69) is 35.9 Å². The molecule has 0 spiro atoms. The van der Waals surface area contributed by atoms with E-state index < -0.39 is 0 Å². The second-order valence-corrected chi connectivity index (χ2v) is 5.83. The van der Waals surface area contributed by atoms with Crippen LogP contribution in [-0.2, 0) is 6.54 Å². The number of thiazole rings is 1. The summed E-state index contributed by atoms with van der Waals surface area (Å²) < 4.78 is 5.30. The number of nitrogen functional groups attached to an aromatic ring is 1. The maximum Gasteiger partial charge on any atom is 0.180 e. The molecule has 0 aliphatic heterocycles. The highest BCUT2D eigenvalue weighted by molar-refractivity contribution is 7.15. The first kappa shape index (κ1) is 14.8. The molecule has 0 saturated carbocycles. The van der Waals surface area contributed by atoms with Crippen LogP contribution in [0, 0.1) is 0 Å². The van der Waals surface area contributed by atoms with Crippen molar-refractivity contribution >= 4 is 16.5 Å². The molecule has 20 heavy (non-hydrogen) atoms. The molecule has 108 valence electrons. The Kier molecular flexibility index (Phi) is 4.98. The number of nitrogens with zero attached hydrogens (tertiary/aromatic N) is 2. The van der Waals surface area contributed by atoms with E-state index in [9.17, 15) is 0 Å². The van der Waals surface area contributed by atoms with Crippen LogP contribution < -0.4 is 10.5 Å². The molecule has 0 amide bonds. The second-order valence-electron chi connectivity index (χ2n) is 4.68. The SMILES string of the molecule is CCN(Cc1cnc(N)s1)C(C)c1cccc(OC)c1. The van der Waals surface area contributed by atoms with Crippen LogP contribution in [-0.4, -0.2) is 23.5 Å². The third kappa shape index (κ3) is 3.49. The van der Waals surface area contributed by atoms with Crippen LogP contribution in [0.15, 0.2) is 30.5 Å². The molecule has 1 aromatic carbocycles. The van der Waals surface area contributed by atoms with Gasteiger partial charge in [0.25, 0.3) is 0 Å². The molecule has 1 heterocycles. The zero-order valence-electron chi connectivity index (χ0n) is 12.2. The number of ether oxygens (including phenoxy) is 1. The molecule has 0 saturated heterocycles. The fourth-order valence-corrected chi connectivity index (χ4v) is 2.94. The van der Waals surface area contributed by atoms with Crippen LogP contribution >= 0.6 is 11.3 Å². The standard InChI is InChI=1S/C15H21N3OS/c1-4-18(10-14-9-17-15(16)20-14)11(2)12-6-5-7-13(8-12)19-3/h5-9,11H,4,10H2,1-3H3,(H2,16,17). The van der Waals surface area contributed by atoms with E-state index in [1.165, 1.54) is 10.4 Å². The fraction of sp³-hybridized carbons (Fsp3) is 0.400. The molecule has 0 aliphatic rings. The Balaban J connectivity index is 2.13. The smallest absolute Gasteiger partial charge is 0.180 e. The maximum absolute atomic E-state index is 5.69. The molecule has 2 N–H and O–H groups in total. The average molecular weight is 291 g/mol. The number of anilines is 1. The van der Waals surface area contributed by atoms with Crippen LogP contribution in [0.25, 0.3) is 0 Å². The Labute approximate surface area is 124 Å². The summed E-state index contributed by atoms with van der Waals surface area (Å²) in [6, 6.07) is 8.54. The Morgan fingerprint density at radius 3 is 2.85 bits per heavy atom. The summed E-state index contributed by atoms with van der Waals surface area (Å²) in [5.41, 5.74) is 6.95. The average Bonchev–Trinajstić information content (AvgIpc) is 2.89. The number of methoxy groups -OCH3 is 1. The third-order valence-electron chi connectivity index (χ3n) is 3.46. The highest BCUT2D eigenvalue weighted by Crippen LogP contribution is 2.26. The van der Waals surface area contributed by atoms with Gasteiger partial charge in [-0.1, -0.05) is 19.1 Å². The monoisotopic (exact) mass is 291 g/mol. The highest BCUT2D eigenvalue weighted by Gasteiger charge is 2.16. The first-order valence-corrected chi connectivity index (χ1v) is 7.53. The van der Waals surface area contributed by atoms with Crippen LogP contribution in [0.3, 0.4) is 0 Å². The predicted octanol–water partition coefficient (Wildman–Crippen LogP) is 3.32. The van der Waals surface area contributed by atoms with E-state index in [1.807, 2.05) is 18.3 Å². The van der Waals surface area contributed by atoms with Gasteiger partial charge in [-0.05, 0) is 31.2 Å². The van der Waals surface area contributed by atoms with Crippen molar-refractivity contribution < 1.29 is 4.74 Å². The van der Waals surface area contributed by atoms with E-state index in [4.69, 9.17) is 10.5 Å². The van der Waals surface area contributed by atoms with E-state index in [0.717, 1.165) is 18.8 Å². The minimum Gasteiger partial charge on any atom is -0.497 e. The Morgan fingerprint density at radius 1 is 1.45 bits per heavy atom. The van der Waals surface area contributed by atoms with Crippen molar-refractivity contribution in [1.29, 1.82) is 0 Å². The molecule has 0 bridgehead atoms. The van der Waals surface area contributed by atoms with Gasteiger partial charge >= 0.3 is 0 Å². The second kappa shape index (κ2) is 6.72. The summed E-state index contributed by atoms with van der Waals surface area (Å²) in [7, 11) is 1.70. The van der Waals surface area contributed by atoms with E-state index in [-0.39, 0.29) is 0 Å². The molecule has 0 fully saturated rings. The van der Waals surface area contributed by atoms with Gasteiger partial charge in [0.2, 0.25) is 0 Å². The first-order chi connectivity index (χ1) is 9.63. The summed E-state index contributed by atoms with van der Waals surface area (Å²) in [6.07, 6.45) is 1.86. The van der Waals surface area contributed by atoms with Gasteiger partial charge in [-0.25, -0.2) is 4.98 Å². The fourth-order valence-electron chi connectivity index (χ4n) is 2.23. The lowest BCUT2D eigenvalue weighted by molar-refractivity contribution is 0.214. The quantitative estimate of drug-likeness (QED) is 0.887. The Bertz CT molecular complexity index is 556. The molecule has 5 heteroatoms. The number of nitrogens with two attached hydrogens (primary N) is 1. The van der Waals surface area contributed by atoms with Crippen LogP contribution in [0.2, 0.25) is 0 Å². The minimum atomic E-state index is 0.318. The summed E-state index contributed by atoms with van der Waals surface area (Å²) in [4.78, 5) is 7.70. The van der Waals surface area contributed by atoms with Gasteiger partial charge in [-0.3, -0.25) is 4.90 Å². The summed E-state index contributed by atoms with van der Waals surface area (Å²) >= 11 is 1.55. The van der Waals surface area contributed by atoms with Crippen LogP contribution in [0.5, 0.6) is 5.75 Å². The minimum absolute atomic E-state index is 0.318. The maximum atomic E-state index is 5.69. The van der Waals surface area contributed by atoms with Crippen molar-refractivity contribution in [3.05, 3.63) is 40.9 Å². The summed E-state index contributed by atoms with van der Waals surface area (Å²) in [5, 5.41) is 0.630. The van der Waals surface area contributed by atoms with Crippen LogP contribution in [0.1, 0.15) is 30.3 Å². The van der Waals surface area contributed by atoms with Crippen molar-refractivity contribution in [3.63, 3.8) is 0 Å². The molecule has 1 unspecified atom stereocenters. The van der Waals surface area contributed by atoms with Gasteiger partial charge in [0.05, 0.1) is 7.11 Å². The molecule has 1 aromatic heterocycles. The van der Waals surface area contributed by atoms with Gasteiger partial charge in [0.15, 0.2) is 5.13 Å². The van der Waals surface area contributed by atoms with E-state index in [1.54, 1.807) is 18.4 Å². The topological polar surface area (TPSA) is 51.4 Å². The van der Waals surface area contributed by atoms with Gasteiger partial charge < -0.3 is 10.5 Å². The van der Waals surface area contributed by atoms with Gasteiger partial charge in [0, 0.05) is 23.7 Å². The summed E-state index contributed by atoms with van der Waals surface area (Å²) in [6.45, 7) is 6.21. The van der Waals surface area contributed by atoms with Crippen molar-refractivity contribution in [1.82, 2.24) is 9.88 Å². The van der Waals surface area contributed by atoms with Crippen molar-refractivity contribution in [2.75, 3.05) is 19.4 Å². The molecule has 2 aromatic rings. The lowest BCUT2D eigenvalue weighted by Crippen LogP contribution is -2.26. The summed E-state index contributed by atoms with van der Waals surface area (Å²) in [5.74, 6) is 0.896. The zero-order valence-corrected chi connectivity index (χ0v) is 13.0. The highest BCUT2D eigenvalue weighted by atomic mass is 32.1. The third-order valence-corrected chi connectivity index (χ3v) is 4.27. The molecule has 1 atom stereocenters. The molecular weight excluding hydrogens is 270 g/mol. The largest absolute Gasteiger partial charge is 0.497 e. The first-order valence-electron chi connectivity index (χ1n) is 6.72. The van der Waals surface area contributed by atoms with E-state index in [0.29, 0.717) is 11.2 Å². The van der Waals surface area contributed by atoms with Gasteiger partial charge in [0.1, 0.15) is 5.75 Å². The van der Waals surface area contributed by atoms with E-state index >= 15 is 0 Å². The van der Waals surface area contributed by atoms with Crippen molar-refractivity contribution in [3.8, 4) is 5.75 Å². The zero-order chi connectivity index (χ0) is 14.5. The predicted molar refractivity (Wildman–Crippen MR) is 84.0 cm³/mol. The molecule has 4 nitrogen and oxygen atoms in total.